The van der Waals surface area contributed by atoms with Crippen molar-refractivity contribution in [3.05, 3.63) is 29.6 Å². The van der Waals surface area contributed by atoms with Gasteiger partial charge in [-0.3, -0.25) is 0 Å². The number of ether oxygens (including phenoxy) is 5. The molecule has 14 heteroatoms. The Kier molecular flexibility index (Phi) is 15.0. The van der Waals surface area contributed by atoms with Gasteiger partial charge in [0.05, 0.1) is 44.4 Å². The Labute approximate surface area is 271 Å². The standard InChI is InChI=1S/C18H21F5O3.C12H20F2O3.C3H7F/c1-10-8-24-17(25-9-10)11-2-4-12(5-3-11)18(22,23)26-13-6-14(19)16(21)15(20)7-13;1-8-6-16-11(17-7-8)9-2-4-10(5-3-9)12(13,14)15;1-3(2)4/h6-7,10-12,17H,2-5,8-9H2,1H3;8-11,15H,2-7H2,1H3;3H,1-2H3. The van der Waals surface area contributed by atoms with Crippen LogP contribution in [0.1, 0.15) is 79.1 Å². The van der Waals surface area contributed by atoms with Crippen LogP contribution in [0, 0.1) is 53.0 Å². The van der Waals surface area contributed by atoms with E-state index < -0.39 is 53.4 Å². The van der Waals surface area contributed by atoms with Gasteiger partial charge in [-0.1, -0.05) is 13.8 Å². The smallest absolute Gasteiger partial charge is 0.400 e. The van der Waals surface area contributed by atoms with E-state index in [1.807, 2.05) is 6.92 Å². The van der Waals surface area contributed by atoms with Gasteiger partial charge in [-0.25, -0.2) is 17.6 Å². The zero-order chi connectivity index (χ0) is 34.9. The summed E-state index contributed by atoms with van der Waals surface area (Å²) in [6, 6.07) is 0.839. The molecule has 1 aromatic rings. The summed E-state index contributed by atoms with van der Waals surface area (Å²) in [5, 5.41) is 8.68. The molecule has 2 aliphatic carbocycles. The van der Waals surface area contributed by atoms with Gasteiger partial charge in [-0.2, -0.15) is 17.6 Å². The lowest BCUT2D eigenvalue weighted by Gasteiger charge is -2.38. The average molecular weight is 693 g/mol. The van der Waals surface area contributed by atoms with Gasteiger partial charge in [0.1, 0.15) is 5.75 Å². The third-order valence-corrected chi connectivity index (χ3v) is 8.67. The lowest BCUT2D eigenvalue weighted by Crippen LogP contribution is -2.41. The second kappa shape index (κ2) is 17.8. The molecular weight excluding hydrogens is 644 g/mol. The molecule has 2 saturated carbocycles. The molecular formula is C33H48F8O6. The number of rotatable bonds is 6. The molecule has 4 fully saturated rings. The van der Waals surface area contributed by atoms with E-state index in [4.69, 9.17) is 24.1 Å². The van der Waals surface area contributed by atoms with Gasteiger partial charge in [0.2, 0.25) is 0 Å². The molecule has 2 aliphatic heterocycles. The maximum Gasteiger partial charge on any atom is 0.400 e. The van der Waals surface area contributed by atoms with E-state index in [-0.39, 0.29) is 37.3 Å². The molecule has 5 rings (SSSR count). The molecule has 0 aromatic heterocycles. The van der Waals surface area contributed by atoms with Crippen LogP contribution in [0.3, 0.4) is 0 Å². The molecule has 0 amide bonds. The Morgan fingerprint density at radius 2 is 1.02 bits per heavy atom. The van der Waals surface area contributed by atoms with E-state index in [1.165, 1.54) is 13.8 Å². The first-order valence-corrected chi connectivity index (χ1v) is 16.4. The summed E-state index contributed by atoms with van der Waals surface area (Å²) in [4.78, 5) is 0. The number of hydrogen-bond donors (Lipinski definition) is 1. The first-order valence-electron chi connectivity index (χ1n) is 16.4. The fourth-order valence-corrected chi connectivity index (χ4v) is 6.07. The van der Waals surface area contributed by atoms with Crippen LogP contribution in [0.2, 0.25) is 0 Å². The Bertz CT molecular complexity index is 1030. The molecule has 0 unspecified atom stereocenters. The minimum absolute atomic E-state index is 0.0373. The van der Waals surface area contributed by atoms with Crippen molar-refractivity contribution in [3.8, 4) is 5.75 Å². The minimum atomic E-state index is -3.61. The highest BCUT2D eigenvalue weighted by Gasteiger charge is 2.46. The largest absolute Gasteiger partial charge is 0.432 e. The van der Waals surface area contributed by atoms with Crippen LogP contribution in [-0.2, 0) is 18.9 Å². The van der Waals surface area contributed by atoms with Gasteiger partial charge in [0.25, 0.3) is 0 Å². The monoisotopic (exact) mass is 692 g/mol. The Morgan fingerprint density at radius 1 is 0.681 bits per heavy atom. The van der Waals surface area contributed by atoms with Crippen molar-refractivity contribution >= 4 is 0 Å². The number of aliphatic hydroxyl groups is 1. The third kappa shape index (κ3) is 12.6. The van der Waals surface area contributed by atoms with Gasteiger partial charge in [0, 0.05) is 35.8 Å². The summed E-state index contributed by atoms with van der Waals surface area (Å²) < 4.78 is 131. The second-order valence-corrected chi connectivity index (χ2v) is 13.5. The van der Waals surface area contributed by atoms with Crippen molar-refractivity contribution in [1.82, 2.24) is 0 Å². The van der Waals surface area contributed by atoms with Crippen molar-refractivity contribution in [2.45, 2.75) is 110 Å². The van der Waals surface area contributed by atoms with Crippen LogP contribution < -0.4 is 4.74 Å². The Morgan fingerprint density at radius 3 is 1.36 bits per heavy atom. The van der Waals surface area contributed by atoms with Crippen molar-refractivity contribution in [1.29, 1.82) is 0 Å². The molecule has 1 N–H and O–H groups in total. The molecule has 47 heavy (non-hydrogen) atoms. The van der Waals surface area contributed by atoms with Crippen molar-refractivity contribution < 1.29 is 63.9 Å². The van der Waals surface area contributed by atoms with Crippen LogP contribution in [0.4, 0.5) is 35.1 Å². The summed E-state index contributed by atoms with van der Waals surface area (Å²) in [5.41, 5.74) is 0. The fraction of sp³-hybridized carbons (Fsp3) is 0.818. The van der Waals surface area contributed by atoms with Crippen LogP contribution in [-0.4, -0.2) is 62.5 Å². The maximum atomic E-state index is 14.4. The summed E-state index contributed by atoms with van der Waals surface area (Å²) in [6.45, 7) is 9.60. The lowest BCUT2D eigenvalue weighted by molar-refractivity contribution is -0.257. The van der Waals surface area contributed by atoms with Crippen LogP contribution in [0.25, 0.3) is 0 Å². The van der Waals surface area contributed by atoms with Gasteiger partial charge < -0.3 is 28.8 Å². The molecule has 6 nitrogen and oxygen atoms in total. The van der Waals surface area contributed by atoms with Gasteiger partial charge in [-0.05, 0) is 65.2 Å². The minimum Gasteiger partial charge on any atom is -0.432 e. The van der Waals surface area contributed by atoms with E-state index >= 15 is 0 Å². The molecule has 0 spiro atoms. The average Bonchev–Trinajstić information content (AvgIpc) is 3.00. The first kappa shape index (κ1) is 39.7. The fourth-order valence-electron chi connectivity index (χ4n) is 6.07. The number of hydrogen-bond acceptors (Lipinski definition) is 6. The molecule has 2 saturated heterocycles. The highest BCUT2D eigenvalue weighted by molar-refractivity contribution is 5.25. The SMILES string of the molecule is CC(C)F.CC1COC(C2CCC(C(F)(F)Oc3cc(F)c(F)c(F)c3)CC2)OC1.CC1COC(C2CCC(C(O)(F)F)CC2)OC1. The van der Waals surface area contributed by atoms with Crippen LogP contribution in [0.15, 0.2) is 12.1 Å². The summed E-state index contributed by atoms with van der Waals surface area (Å²) in [6.07, 6.45) is -5.16. The van der Waals surface area contributed by atoms with E-state index in [0.717, 1.165) is 0 Å². The first-order chi connectivity index (χ1) is 22.0. The van der Waals surface area contributed by atoms with Crippen LogP contribution >= 0.6 is 0 Å². The molecule has 0 bridgehead atoms. The predicted octanol–water partition coefficient (Wildman–Crippen LogP) is 8.64. The molecule has 1 aromatic carbocycles. The maximum absolute atomic E-state index is 14.4. The van der Waals surface area contributed by atoms with E-state index in [1.54, 1.807) is 0 Å². The van der Waals surface area contributed by atoms with Gasteiger partial charge in [-0.15, -0.1) is 0 Å². The molecule has 2 heterocycles. The van der Waals surface area contributed by atoms with Gasteiger partial charge >= 0.3 is 12.2 Å². The molecule has 4 aliphatic rings. The van der Waals surface area contributed by atoms with Gasteiger partial charge in [0.15, 0.2) is 30.0 Å². The zero-order valence-electron chi connectivity index (χ0n) is 27.3. The number of halogens is 8. The quantitative estimate of drug-likeness (QED) is 0.238. The lowest BCUT2D eigenvalue weighted by atomic mass is 9.81. The molecule has 0 atom stereocenters. The van der Waals surface area contributed by atoms with Crippen molar-refractivity contribution in [2.75, 3.05) is 26.4 Å². The number of benzene rings is 1. The topological polar surface area (TPSA) is 66.4 Å². The Hall–Kier alpha value is -1.74. The molecule has 0 radical (unpaired) electrons. The summed E-state index contributed by atoms with van der Waals surface area (Å²) in [7, 11) is 0. The summed E-state index contributed by atoms with van der Waals surface area (Å²) >= 11 is 0. The molecule has 272 valence electrons. The van der Waals surface area contributed by atoms with E-state index in [2.05, 4.69) is 11.7 Å². The zero-order valence-corrected chi connectivity index (χ0v) is 27.3. The predicted molar refractivity (Wildman–Crippen MR) is 156 cm³/mol. The van der Waals surface area contributed by atoms with E-state index in [9.17, 15) is 35.1 Å². The highest BCUT2D eigenvalue weighted by atomic mass is 19.3. The van der Waals surface area contributed by atoms with Crippen LogP contribution in [0.5, 0.6) is 5.75 Å². The van der Waals surface area contributed by atoms with E-state index in [0.29, 0.717) is 88.9 Å². The van der Waals surface area contributed by atoms with Crippen molar-refractivity contribution in [2.24, 2.45) is 35.5 Å². The third-order valence-electron chi connectivity index (χ3n) is 8.67. The van der Waals surface area contributed by atoms with Crippen molar-refractivity contribution in [3.63, 3.8) is 0 Å². The summed E-state index contributed by atoms with van der Waals surface area (Å²) in [5.74, 6) is -6.64. The number of alkyl halides is 5. The normalized spacial score (nSPS) is 32.0. The highest BCUT2D eigenvalue weighted by Crippen LogP contribution is 2.42. The Balaban J connectivity index is 0.000000245. The second-order valence-electron chi connectivity index (χ2n) is 13.5.